The Balaban J connectivity index is 1.72. The number of ether oxygens (including phenoxy) is 1. The maximum absolute atomic E-state index is 13.3. The van der Waals surface area contributed by atoms with E-state index in [1.807, 2.05) is 0 Å². The molecule has 1 fully saturated rings. The van der Waals surface area contributed by atoms with Crippen LogP contribution in [0, 0.1) is 11.7 Å². The zero-order chi connectivity index (χ0) is 18.7. The molecule has 0 spiro atoms. The van der Waals surface area contributed by atoms with Crippen molar-refractivity contribution in [2.45, 2.75) is 26.4 Å². The van der Waals surface area contributed by atoms with E-state index in [9.17, 15) is 4.39 Å². The molecule has 26 heavy (non-hydrogen) atoms. The second-order valence-corrected chi connectivity index (χ2v) is 7.86. The number of rotatable bonds is 4. The SMILES string of the molecule is CC1CCN(C(=S)c2cc(Cl)c(OCc3cccc(F)c3)c(Cl)c2)CC1. The van der Waals surface area contributed by atoms with E-state index in [-0.39, 0.29) is 12.4 Å². The van der Waals surface area contributed by atoms with Crippen LogP contribution in [0.3, 0.4) is 0 Å². The molecule has 0 amide bonds. The van der Waals surface area contributed by atoms with Gasteiger partial charge in [0.15, 0.2) is 5.75 Å². The van der Waals surface area contributed by atoms with Crippen LogP contribution < -0.4 is 4.74 Å². The quantitative estimate of drug-likeness (QED) is 0.562. The van der Waals surface area contributed by atoms with Crippen LogP contribution in [0.5, 0.6) is 5.75 Å². The number of thiocarbonyl (C=S) groups is 1. The minimum Gasteiger partial charge on any atom is -0.486 e. The molecule has 0 aromatic heterocycles. The van der Waals surface area contributed by atoms with Gasteiger partial charge in [0.2, 0.25) is 0 Å². The smallest absolute Gasteiger partial charge is 0.157 e. The van der Waals surface area contributed by atoms with Gasteiger partial charge in [0.1, 0.15) is 17.4 Å². The topological polar surface area (TPSA) is 12.5 Å². The molecule has 0 saturated carbocycles. The Labute approximate surface area is 168 Å². The van der Waals surface area contributed by atoms with Gasteiger partial charge in [-0.15, -0.1) is 0 Å². The maximum atomic E-state index is 13.3. The van der Waals surface area contributed by atoms with Gasteiger partial charge in [-0.25, -0.2) is 4.39 Å². The number of nitrogens with zero attached hydrogens (tertiary/aromatic N) is 1. The van der Waals surface area contributed by atoms with E-state index in [1.54, 1.807) is 24.3 Å². The molecule has 1 saturated heterocycles. The molecule has 0 N–H and O–H groups in total. The van der Waals surface area contributed by atoms with Crippen molar-refractivity contribution in [2.75, 3.05) is 13.1 Å². The zero-order valence-corrected chi connectivity index (χ0v) is 16.8. The lowest BCUT2D eigenvalue weighted by molar-refractivity contribution is 0.284. The molecule has 2 aromatic rings. The van der Waals surface area contributed by atoms with E-state index in [0.29, 0.717) is 21.4 Å². The summed E-state index contributed by atoms with van der Waals surface area (Å²) in [5.74, 6) is 0.816. The Morgan fingerprint density at radius 3 is 2.46 bits per heavy atom. The fraction of sp³-hybridized carbons (Fsp3) is 0.350. The third-order valence-corrected chi connectivity index (χ3v) is 5.64. The van der Waals surface area contributed by atoms with Gasteiger partial charge in [0.05, 0.1) is 10.0 Å². The van der Waals surface area contributed by atoms with Gasteiger partial charge in [-0.05, 0) is 48.6 Å². The summed E-state index contributed by atoms with van der Waals surface area (Å²) in [6, 6.07) is 9.80. The summed E-state index contributed by atoms with van der Waals surface area (Å²) in [4.78, 5) is 2.96. The fourth-order valence-corrected chi connectivity index (χ4v) is 3.89. The lowest BCUT2D eigenvalue weighted by Crippen LogP contribution is -2.37. The Bertz CT molecular complexity index is 783. The number of hydrogen-bond donors (Lipinski definition) is 0. The van der Waals surface area contributed by atoms with Gasteiger partial charge >= 0.3 is 0 Å². The number of hydrogen-bond acceptors (Lipinski definition) is 2. The summed E-state index contributed by atoms with van der Waals surface area (Å²) in [5, 5.41) is 0.799. The molecule has 0 bridgehead atoms. The van der Waals surface area contributed by atoms with E-state index < -0.39 is 0 Å². The number of benzene rings is 2. The van der Waals surface area contributed by atoms with E-state index in [2.05, 4.69) is 11.8 Å². The van der Waals surface area contributed by atoms with Crippen LogP contribution in [-0.4, -0.2) is 23.0 Å². The average molecular weight is 412 g/mol. The Morgan fingerprint density at radius 2 is 1.85 bits per heavy atom. The summed E-state index contributed by atoms with van der Waals surface area (Å²) in [6.07, 6.45) is 2.27. The van der Waals surface area contributed by atoms with Gasteiger partial charge in [-0.1, -0.05) is 54.5 Å². The van der Waals surface area contributed by atoms with Crippen LogP contribution in [-0.2, 0) is 6.61 Å². The highest BCUT2D eigenvalue weighted by molar-refractivity contribution is 7.80. The summed E-state index contributed by atoms with van der Waals surface area (Å²) < 4.78 is 19.0. The first kappa shape index (κ1) is 19.4. The van der Waals surface area contributed by atoms with Gasteiger partial charge in [0, 0.05) is 18.7 Å². The molecule has 2 aromatic carbocycles. The van der Waals surface area contributed by atoms with Gasteiger partial charge < -0.3 is 9.64 Å². The average Bonchev–Trinajstić information content (AvgIpc) is 2.61. The van der Waals surface area contributed by atoms with Crippen molar-refractivity contribution in [1.82, 2.24) is 4.90 Å². The molecule has 0 aliphatic carbocycles. The van der Waals surface area contributed by atoms with Crippen LogP contribution in [0.1, 0.15) is 30.9 Å². The van der Waals surface area contributed by atoms with E-state index in [4.69, 9.17) is 40.2 Å². The zero-order valence-electron chi connectivity index (χ0n) is 14.5. The lowest BCUT2D eigenvalue weighted by Gasteiger charge is -2.32. The predicted octanol–water partition coefficient (Wildman–Crippen LogP) is 6.12. The minimum absolute atomic E-state index is 0.186. The number of piperidine rings is 1. The minimum atomic E-state index is -0.306. The standard InChI is InChI=1S/C20H20Cl2FNOS/c1-13-5-7-24(8-6-13)20(26)15-10-17(21)19(18(22)11-15)25-12-14-3-2-4-16(23)9-14/h2-4,9-11,13H,5-8,12H2,1H3. The van der Waals surface area contributed by atoms with Gasteiger partial charge in [0.25, 0.3) is 0 Å². The molecule has 6 heteroatoms. The molecular weight excluding hydrogens is 392 g/mol. The molecule has 1 heterocycles. The third kappa shape index (κ3) is 4.67. The summed E-state index contributed by atoms with van der Waals surface area (Å²) in [7, 11) is 0. The third-order valence-electron chi connectivity index (χ3n) is 4.59. The molecule has 0 radical (unpaired) electrons. The number of likely N-dealkylation sites (tertiary alicyclic amines) is 1. The second-order valence-electron chi connectivity index (χ2n) is 6.66. The Kier molecular flexibility index (Phi) is 6.38. The number of halogens is 3. The van der Waals surface area contributed by atoms with E-state index >= 15 is 0 Å². The largest absolute Gasteiger partial charge is 0.486 e. The first-order valence-electron chi connectivity index (χ1n) is 8.59. The van der Waals surface area contributed by atoms with Crippen LogP contribution >= 0.6 is 35.4 Å². The highest BCUT2D eigenvalue weighted by Gasteiger charge is 2.20. The van der Waals surface area contributed by atoms with Crippen LogP contribution in [0.15, 0.2) is 36.4 Å². The summed E-state index contributed by atoms with van der Waals surface area (Å²) in [5.41, 5.74) is 1.53. The van der Waals surface area contributed by atoms with Crippen molar-refractivity contribution in [1.29, 1.82) is 0 Å². The van der Waals surface area contributed by atoms with Gasteiger partial charge in [-0.3, -0.25) is 0 Å². The van der Waals surface area contributed by atoms with Crippen molar-refractivity contribution in [3.05, 3.63) is 63.4 Å². The Morgan fingerprint density at radius 1 is 1.19 bits per heavy atom. The summed E-state index contributed by atoms with van der Waals surface area (Å²) >= 11 is 18.4. The van der Waals surface area contributed by atoms with Crippen LogP contribution in [0.4, 0.5) is 4.39 Å². The van der Waals surface area contributed by atoms with Crippen LogP contribution in [0.2, 0.25) is 10.0 Å². The highest BCUT2D eigenvalue weighted by Crippen LogP contribution is 2.35. The lowest BCUT2D eigenvalue weighted by atomic mass is 9.99. The monoisotopic (exact) mass is 411 g/mol. The van der Waals surface area contributed by atoms with Crippen molar-refractivity contribution in [3.8, 4) is 5.75 Å². The van der Waals surface area contributed by atoms with E-state index in [1.165, 1.54) is 12.1 Å². The first-order chi connectivity index (χ1) is 12.4. The molecule has 3 rings (SSSR count). The highest BCUT2D eigenvalue weighted by atomic mass is 35.5. The first-order valence-corrected chi connectivity index (χ1v) is 9.76. The van der Waals surface area contributed by atoms with E-state index in [0.717, 1.165) is 42.4 Å². The maximum Gasteiger partial charge on any atom is 0.157 e. The normalized spacial score (nSPS) is 15.2. The summed E-state index contributed by atoms with van der Waals surface area (Å²) in [6.45, 7) is 4.35. The molecule has 1 aliphatic heterocycles. The Hall–Kier alpha value is -1.36. The van der Waals surface area contributed by atoms with Crippen molar-refractivity contribution in [3.63, 3.8) is 0 Å². The second kappa shape index (κ2) is 8.55. The molecular formula is C20H20Cl2FNOS. The molecule has 1 aliphatic rings. The fourth-order valence-electron chi connectivity index (χ4n) is 3.00. The van der Waals surface area contributed by atoms with Crippen LogP contribution in [0.25, 0.3) is 0 Å². The molecule has 0 atom stereocenters. The van der Waals surface area contributed by atoms with Crippen molar-refractivity contribution in [2.24, 2.45) is 5.92 Å². The molecule has 2 nitrogen and oxygen atoms in total. The molecule has 138 valence electrons. The van der Waals surface area contributed by atoms with Crippen molar-refractivity contribution >= 4 is 40.4 Å². The molecule has 0 unspecified atom stereocenters. The predicted molar refractivity (Wildman–Crippen MR) is 109 cm³/mol. The van der Waals surface area contributed by atoms with Crippen molar-refractivity contribution < 1.29 is 9.13 Å². The van der Waals surface area contributed by atoms with Gasteiger partial charge in [-0.2, -0.15) is 0 Å².